The Morgan fingerprint density at radius 3 is 2.29 bits per heavy atom. The zero-order chi connectivity index (χ0) is 15.0. The van der Waals surface area contributed by atoms with Crippen molar-refractivity contribution in [2.24, 2.45) is 0 Å². The van der Waals surface area contributed by atoms with Gasteiger partial charge in [-0.2, -0.15) is 0 Å². The Kier molecular flexibility index (Phi) is 4.12. The molecule has 0 heterocycles. The summed E-state index contributed by atoms with van der Waals surface area (Å²) in [5.74, 6) is 0. The molecule has 0 radical (unpaired) electrons. The maximum atomic E-state index is 6.70. The van der Waals surface area contributed by atoms with Crippen molar-refractivity contribution in [3.63, 3.8) is 0 Å². The highest BCUT2D eigenvalue weighted by Gasteiger charge is 2.17. The Bertz CT molecular complexity index is 809. The molecule has 0 aromatic heterocycles. The van der Waals surface area contributed by atoms with Gasteiger partial charge in [-0.3, -0.25) is 0 Å². The van der Waals surface area contributed by atoms with E-state index in [4.69, 9.17) is 34.8 Å². The van der Waals surface area contributed by atoms with Crippen molar-refractivity contribution in [1.29, 1.82) is 0 Å². The highest BCUT2D eigenvalue weighted by Crippen LogP contribution is 2.38. The third kappa shape index (κ3) is 2.76. The summed E-state index contributed by atoms with van der Waals surface area (Å²) >= 11 is 19.1. The molecule has 0 saturated carbocycles. The van der Waals surface area contributed by atoms with Gasteiger partial charge in [-0.05, 0) is 52.6 Å². The number of aryl methyl sites for hydroxylation is 1. The lowest BCUT2D eigenvalue weighted by atomic mass is 9.95. The first-order valence-corrected chi connectivity index (χ1v) is 7.84. The van der Waals surface area contributed by atoms with Crippen LogP contribution in [-0.4, -0.2) is 0 Å². The maximum Gasteiger partial charge on any atom is 0.0856 e. The second-order valence-corrected chi connectivity index (χ2v) is 6.33. The quantitative estimate of drug-likeness (QED) is 0.453. The molecule has 106 valence electrons. The van der Waals surface area contributed by atoms with Crippen molar-refractivity contribution in [2.45, 2.75) is 12.3 Å². The summed E-state index contributed by atoms with van der Waals surface area (Å²) in [7, 11) is 0. The molecule has 0 aliphatic carbocycles. The first-order valence-electron chi connectivity index (χ1n) is 6.65. The molecule has 3 rings (SSSR count). The highest BCUT2D eigenvalue weighted by molar-refractivity contribution is 6.35. The third-order valence-corrected chi connectivity index (χ3v) is 4.73. The molecule has 3 aromatic rings. The van der Waals surface area contributed by atoms with Crippen LogP contribution in [0.4, 0.5) is 0 Å². The molecule has 0 saturated heterocycles. The van der Waals surface area contributed by atoms with Crippen LogP contribution in [0, 0.1) is 6.92 Å². The Morgan fingerprint density at radius 1 is 0.810 bits per heavy atom. The molecular formula is C18H13Cl3. The summed E-state index contributed by atoms with van der Waals surface area (Å²) < 4.78 is 0. The molecule has 0 spiro atoms. The normalized spacial score (nSPS) is 12.6. The van der Waals surface area contributed by atoms with Crippen LogP contribution in [0.1, 0.15) is 22.1 Å². The van der Waals surface area contributed by atoms with E-state index in [2.05, 4.69) is 31.2 Å². The number of halogens is 3. The van der Waals surface area contributed by atoms with Gasteiger partial charge < -0.3 is 0 Å². The van der Waals surface area contributed by atoms with E-state index < -0.39 is 0 Å². The zero-order valence-electron chi connectivity index (χ0n) is 11.4. The molecule has 3 aromatic carbocycles. The van der Waals surface area contributed by atoms with Gasteiger partial charge in [0.1, 0.15) is 0 Å². The number of rotatable bonds is 2. The fourth-order valence-corrected chi connectivity index (χ4v) is 3.40. The fraction of sp³-hybridized carbons (Fsp3) is 0.111. The molecule has 3 heteroatoms. The smallest absolute Gasteiger partial charge is 0.0856 e. The number of fused-ring (bicyclic) bond motifs is 1. The Morgan fingerprint density at radius 2 is 1.52 bits per heavy atom. The van der Waals surface area contributed by atoms with Crippen molar-refractivity contribution < 1.29 is 0 Å². The summed E-state index contributed by atoms with van der Waals surface area (Å²) in [5, 5.41) is 3.29. The van der Waals surface area contributed by atoms with Gasteiger partial charge >= 0.3 is 0 Å². The summed E-state index contributed by atoms with van der Waals surface area (Å²) in [4.78, 5) is 0. The molecule has 21 heavy (non-hydrogen) atoms. The molecule has 1 unspecified atom stereocenters. The molecule has 0 N–H and O–H groups in total. The average molecular weight is 336 g/mol. The van der Waals surface area contributed by atoms with Gasteiger partial charge in [0.15, 0.2) is 0 Å². The van der Waals surface area contributed by atoms with E-state index in [-0.39, 0.29) is 5.38 Å². The van der Waals surface area contributed by atoms with E-state index in [0.717, 1.165) is 16.5 Å². The largest absolute Gasteiger partial charge is 0.113 e. The summed E-state index contributed by atoms with van der Waals surface area (Å²) in [6.07, 6.45) is 0. The van der Waals surface area contributed by atoms with E-state index >= 15 is 0 Å². The van der Waals surface area contributed by atoms with E-state index in [1.807, 2.05) is 18.2 Å². The minimum Gasteiger partial charge on any atom is -0.113 e. The van der Waals surface area contributed by atoms with E-state index in [1.165, 1.54) is 10.9 Å². The summed E-state index contributed by atoms with van der Waals surface area (Å²) in [6.45, 7) is 2.10. The van der Waals surface area contributed by atoms with Crippen LogP contribution < -0.4 is 0 Å². The number of hydrogen-bond donors (Lipinski definition) is 0. The number of benzene rings is 3. The summed E-state index contributed by atoms with van der Waals surface area (Å²) in [6, 6.07) is 17.8. The topological polar surface area (TPSA) is 0 Å². The van der Waals surface area contributed by atoms with Crippen molar-refractivity contribution >= 4 is 45.6 Å². The first-order chi connectivity index (χ1) is 10.1. The van der Waals surface area contributed by atoms with Gasteiger partial charge in [-0.15, -0.1) is 11.6 Å². The molecule has 0 fully saturated rings. The zero-order valence-corrected chi connectivity index (χ0v) is 13.7. The van der Waals surface area contributed by atoms with Gasteiger partial charge in [-0.25, -0.2) is 0 Å². The average Bonchev–Trinajstić information content (AvgIpc) is 2.50. The minimum atomic E-state index is -0.332. The molecule has 0 amide bonds. The van der Waals surface area contributed by atoms with Crippen LogP contribution in [0.15, 0.2) is 54.6 Å². The number of alkyl halides is 1. The third-order valence-electron chi connectivity index (χ3n) is 3.68. The van der Waals surface area contributed by atoms with Gasteiger partial charge in [0.25, 0.3) is 0 Å². The molecule has 0 nitrogen and oxygen atoms in total. The van der Waals surface area contributed by atoms with Crippen LogP contribution in [0.2, 0.25) is 10.0 Å². The number of hydrogen-bond acceptors (Lipinski definition) is 0. The molecule has 0 aliphatic heterocycles. The second kappa shape index (κ2) is 5.88. The van der Waals surface area contributed by atoms with E-state index in [1.54, 1.807) is 12.1 Å². The molecule has 0 aliphatic rings. The summed E-state index contributed by atoms with van der Waals surface area (Å²) in [5.41, 5.74) is 3.11. The SMILES string of the molecule is Cc1ccc(C(Cl)c2cc(Cl)ccc2Cl)c2ccccc12. The van der Waals surface area contributed by atoms with Crippen LogP contribution in [0.5, 0.6) is 0 Å². The van der Waals surface area contributed by atoms with Gasteiger partial charge in [0, 0.05) is 10.0 Å². The molecule has 1 atom stereocenters. The van der Waals surface area contributed by atoms with Crippen LogP contribution in [-0.2, 0) is 0 Å². The lowest BCUT2D eigenvalue weighted by Gasteiger charge is -2.16. The Hall–Kier alpha value is -1.21. The predicted octanol–water partition coefficient (Wildman–Crippen LogP) is 6.78. The second-order valence-electron chi connectivity index (χ2n) is 5.05. The lowest BCUT2D eigenvalue weighted by molar-refractivity contribution is 1.16. The van der Waals surface area contributed by atoms with Crippen molar-refractivity contribution in [1.82, 2.24) is 0 Å². The monoisotopic (exact) mass is 334 g/mol. The predicted molar refractivity (Wildman–Crippen MR) is 92.8 cm³/mol. The standard InChI is InChI=1S/C18H13Cl3/c1-11-6-8-15(14-5-3-2-4-13(11)14)18(21)16-10-12(19)7-9-17(16)20/h2-10,18H,1H3. The van der Waals surface area contributed by atoms with Crippen LogP contribution in [0.3, 0.4) is 0 Å². The Labute approximate surface area is 139 Å². The highest BCUT2D eigenvalue weighted by atomic mass is 35.5. The molecular weight excluding hydrogens is 323 g/mol. The van der Waals surface area contributed by atoms with Crippen LogP contribution in [0.25, 0.3) is 10.8 Å². The van der Waals surface area contributed by atoms with Crippen LogP contribution >= 0.6 is 34.8 Å². The van der Waals surface area contributed by atoms with E-state index in [9.17, 15) is 0 Å². The molecule has 0 bridgehead atoms. The lowest BCUT2D eigenvalue weighted by Crippen LogP contribution is -1.96. The van der Waals surface area contributed by atoms with Crippen molar-refractivity contribution in [3.05, 3.63) is 81.3 Å². The van der Waals surface area contributed by atoms with Gasteiger partial charge in [0.2, 0.25) is 0 Å². The Balaban J connectivity index is 2.20. The fourth-order valence-electron chi connectivity index (χ4n) is 2.57. The van der Waals surface area contributed by atoms with Crippen molar-refractivity contribution in [2.75, 3.05) is 0 Å². The first kappa shape index (κ1) is 14.7. The minimum absolute atomic E-state index is 0.332. The van der Waals surface area contributed by atoms with Crippen molar-refractivity contribution in [3.8, 4) is 0 Å². The van der Waals surface area contributed by atoms with Gasteiger partial charge in [-0.1, -0.05) is 59.6 Å². The van der Waals surface area contributed by atoms with E-state index in [0.29, 0.717) is 10.0 Å². The maximum absolute atomic E-state index is 6.70. The van der Waals surface area contributed by atoms with Gasteiger partial charge in [0.05, 0.1) is 5.38 Å².